The Morgan fingerprint density at radius 1 is 1.13 bits per heavy atom. The Balaban J connectivity index is 1.97. The van der Waals surface area contributed by atoms with E-state index in [1.54, 1.807) is 30.3 Å². The van der Waals surface area contributed by atoms with Crippen LogP contribution in [0.4, 0.5) is 5.95 Å². The number of ketones is 1. The van der Waals surface area contributed by atoms with Crippen molar-refractivity contribution in [2.24, 2.45) is 0 Å². The fourth-order valence-electron chi connectivity index (χ4n) is 3.26. The van der Waals surface area contributed by atoms with Crippen LogP contribution in [0.2, 0.25) is 10.0 Å². The monoisotopic (exact) mass is 443 g/mol. The first-order chi connectivity index (χ1) is 14.4. The zero-order valence-electron chi connectivity index (χ0n) is 15.9. The Hall–Kier alpha value is -3.23. The molecular formula is C20H15Cl2N5O3. The van der Waals surface area contributed by atoms with Gasteiger partial charge in [-0.25, -0.2) is 4.79 Å². The molecule has 0 radical (unpaired) electrons. The molecule has 0 fully saturated rings. The number of hydrogen-bond acceptors (Lipinski definition) is 7. The van der Waals surface area contributed by atoms with E-state index in [0.717, 1.165) is 5.56 Å². The van der Waals surface area contributed by atoms with Gasteiger partial charge in [0.2, 0.25) is 5.95 Å². The lowest BCUT2D eigenvalue weighted by molar-refractivity contribution is -0.136. The average molecular weight is 444 g/mol. The molecule has 0 unspecified atom stereocenters. The highest BCUT2D eigenvalue weighted by atomic mass is 35.5. The number of Topliss-reactive ketones (excluding diaryl/α,β-unsaturated/α-hetero) is 1. The lowest BCUT2D eigenvalue weighted by atomic mass is 9.89. The summed E-state index contributed by atoms with van der Waals surface area (Å²) in [6.45, 7) is 1.92. The first-order valence-corrected chi connectivity index (χ1v) is 9.60. The zero-order valence-corrected chi connectivity index (χ0v) is 17.4. The maximum absolute atomic E-state index is 13.6. The van der Waals surface area contributed by atoms with E-state index in [4.69, 9.17) is 27.9 Å². The number of tetrazole rings is 1. The highest BCUT2D eigenvalue weighted by Crippen LogP contribution is 2.40. The standard InChI is InChI=1S/C20H15Cl2N5O3/c1-10-3-5-11(6-4-10)18(28)15-16(19(29)30-2)23-20-24-25-26-27(20)17(15)13-8-7-12(21)9-14(13)22/h3-9,17H,1-2H3,(H,23,24,26)/t17-/m1/s1. The number of aryl methyl sites for hydroxylation is 1. The molecule has 8 nitrogen and oxygen atoms in total. The molecule has 1 N–H and O–H groups in total. The van der Waals surface area contributed by atoms with E-state index in [1.165, 1.54) is 11.8 Å². The third kappa shape index (κ3) is 3.44. The number of fused-ring (bicyclic) bond motifs is 1. The van der Waals surface area contributed by atoms with E-state index in [2.05, 4.69) is 20.8 Å². The molecule has 1 atom stereocenters. The molecule has 0 saturated heterocycles. The van der Waals surface area contributed by atoms with Gasteiger partial charge in [-0.3, -0.25) is 4.79 Å². The molecule has 0 saturated carbocycles. The van der Waals surface area contributed by atoms with Crippen LogP contribution in [0.15, 0.2) is 53.7 Å². The van der Waals surface area contributed by atoms with Crippen molar-refractivity contribution < 1.29 is 14.3 Å². The van der Waals surface area contributed by atoms with Gasteiger partial charge in [-0.2, -0.15) is 4.68 Å². The number of allylic oxidation sites excluding steroid dienone is 1. The van der Waals surface area contributed by atoms with Gasteiger partial charge >= 0.3 is 5.97 Å². The van der Waals surface area contributed by atoms with E-state index < -0.39 is 12.0 Å². The number of esters is 1. The Bertz CT molecular complexity index is 1190. The second-order valence-corrected chi connectivity index (χ2v) is 7.46. The molecule has 4 rings (SSSR count). The molecule has 1 aliphatic rings. The van der Waals surface area contributed by atoms with Crippen molar-refractivity contribution in [2.75, 3.05) is 12.4 Å². The predicted molar refractivity (Wildman–Crippen MR) is 111 cm³/mol. The summed E-state index contributed by atoms with van der Waals surface area (Å²) >= 11 is 12.5. The minimum absolute atomic E-state index is 0.0543. The molecule has 0 amide bonds. The molecule has 1 aliphatic heterocycles. The van der Waals surface area contributed by atoms with E-state index in [9.17, 15) is 9.59 Å². The summed E-state index contributed by atoms with van der Waals surface area (Å²) in [4.78, 5) is 26.2. The summed E-state index contributed by atoms with van der Waals surface area (Å²) in [7, 11) is 1.23. The molecule has 1 aromatic heterocycles. The van der Waals surface area contributed by atoms with Gasteiger partial charge in [0, 0.05) is 21.2 Å². The maximum Gasteiger partial charge on any atom is 0.355 e. The van der Waals surface area contributed by atoms with E-state index in [-0.39, 0.29) is 23.0 Å². The predicted octanol–water partition coefficient (Wildman–Crippen LogP) is 3.61. The Labute approximate surface area is 181 Å². The first-order valence-electron chi connectivity index (χ1n) is 8.84. The van der Waals surface area contributed by atoms with Crippen LogP contribution < -0.4 is 5.32 Å². The number of aromatic nitrogens is 4. The number of anilines is 1. The van der Waals surface area contributed by atoms with Gasteiger partial charge in [0.1, 0.15) is 11.7 Å². The Kier molecular flexibility index (Phi) is 5.27. The number of carbonyl (C=O) groups excluding carboxylic acids is 2. The molecule has 0 bridgehead atoms. The van der Waals surface area contributed by atoms with Gasteiger partial charge in [-0.05, 0) is 29.5 Å². The fraction of sp³-hybridized carbons (Fsp3) is 0.150. The van der Waals surface area contributed by atoms with Gasteiger partial charge in [0.25, 0.3) is 0 Å². The lowest BCUT2D eigenvalue weighted by Gasteiger charge is -2.28. The normalized spacial score (nSPS) is 15.4. The smallest absolute Gasteiger partial charge is 0.355 e. The van der Waals surface area contributed by atoms with Crippen molar-refractivity contribution in [1.82, 2.24) is 20.2 Å². The number of methoxy groups -OCH3 is 1. The number of carbonyl (C=O) groups is 2. The van der Waals surface area contributed by atoms with E-state index in [1.807, 2.05) is 19.1 Å². The molecule has 0 aliphatic carbocycles. The summed E-state index contributed by atoms with van der Waals surface area (Å²) in [6, 6.07) is 11.0. The van der Waals surface area contributed by atoms with Gasteiger partial charge in [0.05, 0.1) is 12.7 Å². The topological polar surface area (TPSA) is 99.0 Å². The Morgan fingerprint density at radius 3 is 2.53 bits per heavy atom. The molecule has 10 heteroatoms. The summed E-state index contributed by atoms with van der Waals surface area (Å²) in [5, 5.41) is 15.1. The summed E-state index contributed by atoms with van der Waals surface area (Å²) < 4.78 is 6.30. The van der Waals surface area contributed by atoms with Gasteiger partial charge < -0.3 is 10.1 Å². The summed E-state index contributed by atoms with van der Waals surface area (Å²) in [5.41, 5.74) is 1.95. The number of rotatable bonds is 4. The van der Waals surface area contributed by atoms with Crippen LogP contribution >= 0.6 is 23.2 Å². The van der Waals surface area contributed by atoms with Crippen LogP contribution in [0.5, 0.6) is 0 Å². The number of halogens is 2. The highest BCUT2D eigenvalue weighted by Gasteiger charge is 2.39. The highest BCUT2D eigenvalue weighted by molar-refractivity contribution is 6.35. The second kappa shape index (κ2) is 7.89. The van der Waals surface area contributed by atoms with E-state index >= 15 is 0 Å². The minimum atomic E-state index is -0.871. The molecular weight excluding hydrogens is 429 g/mol. The van der Waals surface area contributed by atoms with Crippen molar-refractivity contribution >= 4 is 40.9 Å². The molecule has 2 heterocycles. The minimum Gasteiger partial charge on any atom is -0.464 e. The summed E-state index contributed by atoms with van der Waals surface area (Å²) in [6.07, 6.45) is 0. The average Bonchev–Trinajstić information content (AvgIpc) is 3.21. The van der Waals surface area contributed by atoms with Gasteiger partial charge in [0.15, 0.2) is 5.78 Å². The quantitative estimate of drug-likeness (QED) is 0.485. The summed E-state index contributed by atoms with van der Waals surface area (Å²) in [5.74, 6) is -0.943. The Morgan fingerprint density at radius 2 is 1.87 bits per heavy atom. The van der Waals surface area contributed by atoms with Crippen molar-refractivity contribution in [3.05, 3.63) is 80.5 Å². The molecule has 30 heavy (non-hydrogen) atoms. The van der Waals surface area contributed by atoms with Gasteiger partial charge in [-0.15, -0.1) is 0 Å². The molecule has 0 spiro atoms. The largest absolute Gasteiger partial charge is 0.464 e. The van der Waals surface area contributed by atoms with Crippen LogP contribution in [0.1, 0.15) is 27.5 Å². The number of benzene rings is 2. The van der Waals surface area contributed by atoms with Crippen molar-refractivity contribution in [3.63, 3.8) is 0 Å². The first kappa shape index (κ1) is 20.1. The van der Waals surface area contributed by atoms with Crippen LogP contribution in [0.25, 0.3) is 0 Å². The van der Waals surface area contributed by atoms with Crippen LogP contribution in [-0.2, 0) is 9.53 Å². The fourth-order valence-corrected chi connectivity index (χ4v) is 3.77. The third-order valence-electron chi connectivity index (χ3n) is 4.72. The molecule has 2 aromatic carbocycles. The van der Waals surface area contributed by atoms with Crippen LogP contribution in [0.3, 0.4) is 0 Å². The molecule has 3 aromatic rings. The number of nitrogens with zero attached hydrogens (tertiary/aromatic N) is 4. The third-order valence-corrected chi connectivity index (χ3v) is 5.28. The maximum atomic E-state index is 13.6. The van der Waals surface area contributed by atoms with Crippen molar-refractivity contribution in [3.8, 4) is 0 Å². The van der Waals surface area contributed by atoms with Crippen LogP contribution in [-0.4, -0.2) is 39.1 Å². The van der Waals surface area contributed by atoms with E-state index in [0.29, 0.717) is 21.2 Å². The molecule has 152 valence electrons. The second-order valence-electron chi connectivity index (χ2n) is 6.62. The van der Waals surface area contributed by atoms with Gasteiger partial charge in [-0.1, -0.05) is 64.2 Å². The SMILES string of the molecule is COC(=O)C1=C(C(=O)c2ccc(C)cc2)[C@@H](c2ccc(Cl)cc2Cl)n2nnnc2N1. The zero-order chi connectivity index (χ0) is 21.4. The number of ether oxygens (including phenoxy) is 1. The van der Waals surface area contributed by atoms with Crippen molar-refractivity contribution in [1.29, 1.82) is 0 Å². The van der Waals surface area contributed by atoms with Crippen LogP contribution in [0, 0.1) is 6.92 Å². The number of nitrogens with one attached hydrogen (secondary N) is 1. The van der Waals surface area contributed by atoms with Crippen molar-refractivity contribution in [2.45, 2.75) is 13.0 Å². The lowest BCUT2D eigenvalue weighted by Crippen LogP contribution is -2.33. The number of hydrogen-bond donors (Lipinski definition) is 1.